The maximum absolute atomic E-state index is 9.24. The molecule has 0 spiro atoms. The summed E-state index contributed by atoms with van der Waals surface area (Å²) in [7, 11) is 0. The van der Waals surface area contributed by atoms with Crippen molar-refractivity contribution in [3.8, 4) is 5.75 Å². The summed E-state index contributed by atoms with van der Waals surface area (Å²) in [5.74, 6) is 0.376. The molecule has 1 fully saturated rings. The Morgan fingerprint density at radius 2 is 2.15 bits per heavy atom. The number of phenols is 1. The number of benzene rings is 1. The molecule has 0 radical (unpaired) electrons. The fourth-order valence-electron chi connectivity index (χ4n) is 1.60. The molecule has 0 atom stereocenters. The molecule has 1 aromatic rings. The highest BCUT2D eigenvalue weighted by atomic mass is 16.3. The highest BCUT2D eigenvalue weighted by molar-refractivity contribution is 5.27. The van der Waals surface area contributed by atoms with Gasteiger partial charge in [0.05, 0.1) is 0 Å². The Balaban J connectivity index is 1.86. The van der Waals surface area contributed by atoms with E-state index in [0.29, 0.717) is 5.75 Å². The molecular formula is C11H15NO. The van der Waals surface area contributed by atoms with Crippen molar-refractivity contribution < 1.29 is 5.11 Å². The van der Waals surface area contributed by atoms with Gasteiger partial charge in [-0.05, 0) is 43.6 Å². The molecule has 1 heterocycles. The van der Waals surface area contributed by atoms with Gasteiger partial charge in [-0.2, -0.15) is 0 Å². The standard InChI is InChI=1S/C11H15NO/c13-11-4-1-3-10(9-11)5-8-12-6-2-7-12/h1,3-4,9,13H,2,5-8H2. The topological polar surface area (TPSA) is 23.5 Å². The summed E-state index contributed by atoms with van der Waals surface area (Å²) in [6.45, 7) is 3.63. The second-order valence-electron chi connectivity index (χ2n) is 3.62. The van der Waals surface area contributed by atoms with Crippen LogP contribution in [0.5, 0.6) is 5.75 Å². The van der Waals surface area contributed by atoms with Gasteiger partial charge >= 0.3 is 0 Å². The van der Waals surface area contributed by atoms with Crippen LogP contribution in [0.1, 0.15) is 12.0 Å². The Kier molecular flexibility index (Phi) is 2.50. The smallest absolute Gasteiger partial charge is 0.115 e. The predicted molar refractivity (Wildman–Crippen MR) is 52.9 cm³/mol. The van der Waals surface area contributed by atoms with Crippen LogP contribution in [-0.4, -0.2) is 29.6 Å². The monoisotopic (exact) mass is 177 g/mol. The minimum atomic E-state index is 0.376. The van der Waals surface area contributed by atoms with Crippen LogP contribution in [0, 0.1) is 0 Å². The van der Waals surface area contributed by atoms with E-state index in [2.05, 4.69) is 11.0 Å². The molecular weight excluding hydrogens is 162 g/mol. The van der Waals surface area contributed by atoms with Crippen molar-refractivity contribution in [2.24, 2.45) is 0 Å². The van der Waals surface area contributed by atoms with Crippen molar-refractivity contribution in [3.63, 3.8) is 0 Å². The van der Waals surface area contributed by atoms with Gasteiger partial charge in [0.2, 0.25) is 0 Å². The third-order valence-electron chi connectivity index (χ3n) is 2.58. The van der Waals surface area contributed by atoms with Crippen LogP contribution < -0.4 is 0 Å². The molecule has 1 aromatic carbocycles. The molecule has 0 aliphatic carbocycles. The van der Waals surface area contributed by atoms with Gasteiger partial charge in [0.1, 0.15) is 5.75 Å². The molecule has 2 rings (SSSR count). The number of likely N-dealkylation sites (tertiary alicyclic amines) is 1. The Bertz CT molecular complexity index is 281. The fraction of sp³-hybridized carbons (Fsp3) is 0.455. The van der Waals surface area contributed by atoms with E-state index >= 15 is 0 Å². The average Bonchev–Trinajstić information content (AvgIpc) is 2.01. The molecule has 0 saturated carbocycles. The molecule has 2 nitrogen and oxygen atoms in total. The molecule has 2 heteroatoms. The lowest BCUT2D eigenvalue weighted by Gasteiger charge is -2.30. The molecule has 1 N–H and O–H groups in total. The molecule has 1 aliphatic heterocycles. The van der Waals surface area contributed by atoms with Gasteiger partial charge in [0.15, 0.2) is 0 Å². The quantitative estimate of drug-likeness (QED) is 0.758. The molecule has 0 bridgehead atoms. The number of phenolic OH excluding ortho intramolecular Hbond substituents is 1. The van der Waals surface area contributed by atoms with E-state index in [4.69, 9.17) is 0 Å². The van der Waals surface area contributed by atoms with Crippen molar-refractivity contribution in [1.82, 2.24) is 4.90 Å². The van der Waals surface area contributed by atoms with Crippen LogP contribution in [0.15, 0.2) is 24.3 Å². The number of hydrogen-bond acceptors (Lipinski definition) is 2. The van der Waals surface area contributed by atoms with E-state index < -0.39 is 0 Å². The minimum Gasteiger partial charge on any atom is -0.508 e. The summed E-state index contributed by atoms with van der Waals surface area (Å²) in [4.78, 5) is 2.43. The minimum absolute atomic E-state index is 0.376. The summed E-state index contributed by atoms with van der Waals surface area (Å²) < 4.78 is 0. The van der Waals surface area contributed by atoms with E-state index in [1.54, 1.807) is 6.07 Å². The van der Waals surface area contributed by atoms with E-state index in [0.717, 1.165) is 13.0 Å². The van der Waals surface area contributed by atoms with E-state index in [1.807, 2.05) is 12.1 Å². The Morgan fingerprint density at radius 3 is 2.77 bits per heavy atom. The predicted octanol–water partition coefficient (Wildman–Crippen LogP) is 1.64. The van der Waals surface area contributed by atoms with Crippen LogP contribution in [-0.2, 0) is 6.42 Å². The molecule has 0 aromatic heterocycles. The number of rotatable bonds is 3. The maximum atomic E-state index is 9.24. The molecule has 0 amide bonds. The fourth-order valence-corrected chi connectivity index (χ4v) is 1.60. The first-order valence-corrected chi connectivity index (χ1v) is 4.85. The van der Waals surface area contributed by atoms with Crippen molar-refractivity contribution >= 4 is 0 Å². The molecule has 70 valence electrons. The summed E-state index contributed by atoms with van der Waals surface area (Å²) in [5, 5.41) is 9.24. The lowest BCUT2D eigenvalue weighted by molar-refractivity contribution is 0.184. The Labute approximate surface area is 78.8 Å². The van der Waals surface area contributed by atoms with Crippen molar-refractivity contribution in [1.29, 1.82) is 0 Å². The lowest BCUT2D eigenvalue weighted by Crippen LogP contribution is -2.38. The third kappa shape index (κ3) is 2.22. The zero-order valence-electron chi connectivity index (χ0n) is 7.74. The number of nitrogens with zero attached hydrogens (tertiary/aromatic N) is 1. The van der Waals surface area contributed by atoms with Crippen LogP contribution in [0.4, 0.5) is 0 Å². The van der Waals surface area contributed by atoms with Crippen LogP contribution >= 0.6 is 0 Å². The first kappa shape index (κ1) is 8.57. The molecule has 13 heavy (non-hydrogen) atoms. The van der Waals surface area contributed by atoms with E-state index in [1.165, 1.54) is 25.1 Å². The van der Waals surface area contributed by atoms with Gasteiger partial charge in [0.25, 0.3) is 0 Å². The number of aromatic hydroxyl groups is 1. The van der Waals surface area contributed by atoms with Gasteiger partial charge in [-0.1, -0.05) is 12.1 Å². The van der Waals surface area contributed by atoms with Gasteiger partial charge in [0, 0.05) is 6.54 Å². The lowest BCUT2D eigenvalue weighted by atomic mass is 10.1. The SMILES string of the molecule is Oc1cccc(CCN2CCC2)c1. The first-order chi connectivity index (χ1) is 6.34. The average molecular weight is 177 g/mol. The zero-order chi connectivity index (χ0) is 9.10. The second-order valence-corrected chi connectivity index (χ2v) is 3.62. The van der Waals surface area contributed by atoms with Crippen LogP contribution in [0.2, 0.25) is 0 Å². The summed E-state index contributed by atoms with van der Waals surface area (Å²) >= 11 is 0. The van der Waals surface area contributed by atoms with E-state index in [9.17, 15) is 5.11 Å². The van der Waals surface area contributed by atoms with Gasteiger partial charge in [-0.15, -0.1) is 0 Å². The van der Waals surface area contributed by atoms with E-state index in [-0.39, 0.29) is 0 Å². The third-order valence-corrected chi connectivity index (χ3v) is 2.58. The van der Waals surface area contributed by atoms with Crippen LogP contribution in [0.3, 0.4) is 0 Å². The van der Waals surface area contributed by atoms with Gasteiger partial charge < -0.3 is 10.0 Å². The molecule has 1 aliphatic rings. The second kappa shape index (κ2) is 3.79. The zero-order valence-corrected chi connectivity index (χ0v) is 7.74. The van der Waals surface area contributed by atoms with Crippen molar-refractivity contribution in [2.75, 3.05) is 19.6 Å². The normalized spacial score (nSPS) is 16.9. The maximum Gasteiger partial charge on any atom is 0.115 e. The molecule has 1 saturated heterocycles. The number of hydrogen-bond donors (Lipinski definition) is 1. The highest BCUT2D eigenvalue weighted by Crippen LogP contribution is 2.13. The Morgan fingerprint density at radius 1 is 1.31 bits per heavy atom. The first-order valence-electron chi connectivity index (χ1n) is 4.85. The molecule has 0 unspecified atom stereocenters. The van der Waals surface area contributed by atoms with Gasteiger partial charge in [-0.3, -0.25) is 0 Å². The summed E-state index contributed by atoms with van der Waals surface area (Å²) in [6.07, 6.45) is 2.40. The largest absolute Gasteiger partial charge is 0.508 e. The summed E-state index contributed by atoms with van der Waals surface area (Å²) in [6, 6.07) is 7.53. The van der Waals surface area contributed by atoms with Crippen molar-refractivity contribution in [2.45, 2.75) is 12.8 Å². The summed E-state index contributed by atoms with van der Waals surface area (Å²) in [5.41, 5.74) is 1.23. The van der Waals surface area contributed by atoms with Gasteiger partial charge in [-0.25, -0.2) is 0 Å². The van der Waals surface area contributed by atoms with Crippen molar-refractivity contribution in [3.05, 3.63) is 29.8 Å². The Hall–Kier alpha value is -1.02. The van der Waals surface area contributed by atoms with Crippen LogP contribution in [0.25, 0.3) is 0 Å². The highest BCUT2D eigenvalue weighted by Gasteiger charge is 2.12.